The maximum absolute atomic E-state index is 11.0. The molecular formula is C13H17N5OS. The van der Waals surface area contributed by atoms with Crippen LogP contribution < -0.4 is 10.2 Å². The van der Waals surface area contributed by atoms with E-state index in [-0.39, 0.29) is 5.91 Å². The molecule has 3 heterocycles. The molecule has 0 aliphatic carbocycles. The van der Waals surface area contributed by atoms with Crippen LogP contribution in [0.3, 0.4) is 0 Å². The van der Waals surface area contributed by atoms with E-state index in [0.717, 1.165) is 43.1 Å². The van der Waals surface area contributed by atoms with Crippen molar-refractivity contribution in [2.75, 3.05) is 16.8 Å². The van der Waals surface area contributed by atoms with Gasteiger partial charge in [0.1, 0.15) is 0 Å². The number of hydrogen-bond donors (Lipinski definition) is 2. The molecule has 7 heteroatoms. The smallest absolute Gasteiger partial charge is 0.223 e. The lowest BCUT2D eigenvalue weighted by atomic mass is 10.1. The Balaban J connectivity index is 1.75. The summed E-state index contributed by atoms with van der Waals surface area (Å²) >= 11 is 1.46. The van der Waals surface area contributed by atoms with Crippen LogP contribution in [-0.4, -0.2) is 27.6 Å². The Hall–Kier alpha value is -1.89. The van der Waals surface area contributed by atoms with Crippen LogP contribution in [0.2, 0.25) is 0 Å². The number of aryl methyl sites for hydroxylation is 1. The molecule has 6 nitrogen and oxygen atoms in total. The van der Waals surface area contributed by atoms with E-state index in [1.807, 2.05) is 5.38 Å². The maximum Gasteiger partial charge on any atom is 0.223 e. The van der Waals surface area contributed by atoms with Crippen molar-refractivity contribution in [3.8, 4) is 0 Å². The minimum Gasteiger partial charge on any atom is -0.349 e. The first-order valence-electron chi connectivity index (χ1n) is 6.64. The van der Waals surface area contributed by atoms with E-state index >= 15 is 0 Å². The lowest BCUT2D eigenvalue weighted by Gasteiger charge is -2.26. The van der Waals surface area contributed by atoms with Gasteiger partial charge in [0, 0.05) is 30.1 Å². The quantitative estimate of drug-likeness (QED) is 0.908. The van der Waals surface area contributed by atoms with E-state index in [2.05, 4.69) is 32.3 Å². The van der Waals surface area contributed by atoms with Gasteiger partial charge in [-0.15, -0.1) is 11.3 Å². The largest absolute Gasteiger partial charge is 0.349 e. The molecule has 0 atom stereocenters. The van der Waals surface area contributed by atoms with E-state index in [4.69, 9.17) is 0 Å². The number of hydrogen-bond acceptors (Lipinski definition) is 5. The van der Waals surface area contributed by atoms with Crippen LogP contribution in [0.4, 0.5) is 10.9 Å². The Morgan fingerprint density at radius 2 is 2.45 bits per heavy atom. The molecule has 20 heavy (non-hydrogen) atoms. The maximum atomic E-state index is 11.0. The van der Waals surface area contributed by atoms with Gasteiger partial charge in [0.25, 0.3) is 0 Å². The number of aromatic nitrogens is 3. The number of nitrogens with zero attached hydrogens (tertiary/aromatic N) is 3. The number of rotatable bonds is 3. The van der Waals surface area contributed by atoms with Gasteiger partial charge < -0.3 is 10.2 Å². The zero-order valence-corrected chi connectivity index (χ0v) is 12.4. The summed E-state index contributed by atoms with van der Waals surface area (Å²) in [5.74, 6) is 0.955. The molecule has 2 aromatic rings. The van der Waals surface area contributed by atoms with Crippen LogP contribution in [0.1, 0.15) is 30.3 Å². The van der Waals surface area contributed by atoms with Gasteiger partial charge in [-0.2, -0.15) is 5.10 Å². The molecule has 2 N–H and O–H groups in total. The van der Waals surface area contributed by atoms with Gasteiger partial charge in [0.2, 0.25) is 5.91 Å². The van der Waals surface area contributed by atoms with Crippen molar-refractivity contribution < 1.29 is 4.79 Å². The second kappa shape index (κ2) is 5.24. The van der Waals surface area contributed by atoms with Gasteiger partial charge in [0.05, 0.1) is 12.2 Å². The molecule has 0 saturated heterocycles. The third-order valence-corrected chi connectivity index (χ3v) is 4.20. The second-order valence-corrected chi connectivity index (χ2v) is 5.86. The van der Waals surface area contributed by atoms with Crippen molar-refractivity contribution in [3.05, 3.63) is 22.3 Å². The van der Waals surface area contributed by atoms with Crippen molar-refractivity contribution in [3.63, 3.8) is 0 Å². The average Bonchev–Trinajstić information content (AvgIpc) is 2.98. The Bertz CT molecular complexity index is 632. The molecule has 0 aromatic carbocycles. The zero-order chi connectivity index (χ0) is 14.1. The van der Waals surface area contributed by atoms with E-state index in [0.29, 0.717) is 5.13 Å². The summed E-state index contributed by atoms with van der Waals surface area (Å²) in [4.78, 5) is 17.7. The van der Waals surface area contributed by atoms with E-state index in [1.54, 1.807) is 0 Å². The van der Waals surface area contributed by atoms with Gasteiger partial charge in [0.15, 0.2) is 10.9 Å². The number of carbonyl (C=O) groups excluding carboxylic acids is 1. The molecular weight excluding hydrogens is 274 g/mol. The van der Waals surface area contributed by atoms with Crippen LogP contribution in [-0.2, 0) is 17.8 Å². The molecule has 3 rings (SSSR count). The number of fused-ring (bicyclic) bond motifs is 1. The summed E-state index contributed by atoms with van der Waals surface area (Å²) in [6.45, 7) is 5.27. The van der Waals surface area contributed by atoms with Crippen LogP contribution in [0, 0.1) is 6.92 Å². The van der Waals surface area contributed by atoms with Crippen LogP contribution in [0.15, 0.2) is 5.38 Å². The fraction of sp³-hybridized carbons (Fsp3) is 0.462. The molecule has 106 valence electrons. The minimum atomic E-state index is -0.0888. The lowest BCUT2D eigenvalue weighted by Crippen LogP contribution is -2.29. The Morgan fingerprint density at radius 3 is 3.25 bits per heavy atom. The van der Waals surface area contributed by atoms with Crippen LogP contribution >= 0.6 is 11.3 Å². The van der Waals surface area contributed by atoms with E-state index in [9.17, 15) is 4.79 Å². The average molecular weight is 291 g/mol. The fourth-order valence-corrected chi connectivity index (χ4v) is 3.24. The van der Waals surface area contributed by atoms with Gasteiger partial charge in [-0.1, -0.05) is 0 Å². The molecule has 0 spiro atoms. The number of anilines is 2. The lowest BCUT2D eigenvalue weighted by molar-refractivity contribution is -0.114. The topological polar surface area (TPSA) is 73.9 Å². The third-order valence-electron chi connectivity index (χ3n) is 3.39. The molecule has 2 aromatic heterocycles. The predicted octanol–water partition coefficient (Wildman–Crippen LogP) is 2.09. The number of carbonyl (C=O) groups is 1. The molecule has 1 amide bonds. The number of amides is 1. The highest BCUT2D eigenvalue weighted by atomic mass is 32.1. The molecule has 1 aliphatic heterocycles. The van der Waals surface area contributed by atoms with Gasteiger partial charge in [-0.25, -0.2) is 4.98 Å². The third kappa shape index (κ3) is 2.53. The number of thiazole rings is 1. The Kier molecular flexibility index (Phi) is 3.43. The highest BCUT2D eigenvalue weighted by molar-refractivity contribution is 7.13. The Labute approximate surface area is 121 Å². The SMILES string of the molecule is CC(=O)Nc1nc(CN2CCCc3c2n[nH]c3C)cs1. The van der Waals surface area contributed by atoms with E-state index in [1.165, 1.54) is 23.8 Å². The van der Waals surface area contributed by atoms with Gasteiger partial charge in [-0.3, -0.25) is 9.89 Å². The summed E-state index contributed by atoms with van der Waals surface area (Å²) in [6, 6.07) is 0. The second-order valence-electron chi connectivity index (χ2n) is 5.00. The molecule has 0 saturated carbocycles. The first-order valence-corrected chi connectivity index (χ1v) is 7.52. The standard InChI is InChI=1S/C13H17N5OS/c1-8-11-4-3-5-18(12(11)17-16-8)6-10-7-20-13(15-10)14-9(2)19/h7H,3-6H2,1-2H3,(H,16,17)(H,14,15,19). The minimum absolute atomic E-state index is 0.0888. The molecule has 1 aliphatic rings. The normalized spacial score (nSPS) is 14.2. The first kappa shape index (κ1) is 13.1. The zero-order valence-electron chi connectivity index (χ0n) is 11.6. The van der Waals surface area contributed by atoms with Crippen LogP contribution in [0.5, 0.6) is 0 Å². The number of H-pyrrole nitrogens is 1. The Morgan fingerprint density at radius 1 is 1.60 bits per heavy atom. The predicted molar refractivity (Wildman–Crippen MR) is 79.1 cm³/mol. The molecule has 0 bridgehead atoms. The van der Waals surface area contributed by atoms with Crippen molar-refractivity contribution >= 4 is 28.2 Å². The fourth-order valence-electron chi connectivity index (χ4n) is 2.49. The van der Waals surface area contributed by atoms with Gasteiger partial charge in [-0.05, 0) is 19.8 Å². The first-order chi connectivity index (χ1) is 9.63. The summed E-state index contributed by atoms with van der Waals surface area (Å²) < 4.78 is 0. The van der Waals surface area contributed by atoms with Crippen molar-refractivity contribution in [2.45, 2.75) is 33.2 Å². The highest BCUT2D eigenvalue weighted by Gasteiger charge is 2.22. The van der Waals surface area contributed by atoms with Crippen molar-refractivity contribution in [1.29, 1.82) is 0 Å². The summed E-state index contributed by atoms with van der Waals surface area (Å²) in [5, 5.41) is 12.8. The molecule has 0 unspecified atom stereocenters. The van der Waals surface area contributed by atoms with Crippen molar-refractivity contribution in [1.82, 2.24) is 15.2 Å². The number of aromatic amines is 1. The summed E-state index contributed by atoms with van der Waals surface area (Å²) in [5.41, 5.74) is 3.43. The van der Waals surface area contributed by atoms with Gasteiger partial charge >= 0.3 is 0 Å². The summed E-state index contributed by atoms with van der Waals surface area (Å²) in [6.07, 6.45) is 2.22. The van der Waals surface area contributed by atoms with Crippen LogP contribution in [0.25, 0.3) is 0 Å². The van der Waals surface area contributed by atoms with E-state index < -0.39 is 0 Å². The number of nitrogens with one attached hydrogen (secondary N) is 2. The summed E-state index contributed by atoms with van der Waals surface area (Å²) in [7, 11) is 0. The molecule has 0 fully saturated rings. The highest BCUT2D eigenvalue weighted by Crippen LogP contribution is 2.28. The molecule has 0 radical (unpaired) electrons. The monoisotopic (exact) mass is 291 g/mol. The van der Waals surface area contributed by atoms with Crippen molar-refractivity contribution in [2.24, 2.45) is 0 Å².